The zero-order chi connectivity index (χ0) is 31.5. The molecule has 5 aromatic rings. The van der Waals surface area contributed by atoms with E-state index in [2.05, 4.69) is 76.2 Å². The molecule has 0 bridgehead atoms. The second-order valence-corrected chi connectivity index (χ2v) is 15.9. The number of aryl methyl sites for hydroxylation is 3. The smallest absolute Gasteiger partial charge is 0.253 e. The summed E-state index contributed by atoms with van der Waals surface area (Å²) in [6.07, 6.45) is 1.76. The first-order chi connectivity index (χ1) is 21.0. The highest BCUT2D eigenvalue weighted by Crippen LogP contribution is 2.37. The van der Waals surface area contributed by atoms with Crippen molar-refractivity contribution in [3.05, 3.63) is 112 Å². The van der Waals surface area contributed by atoms with Gasteiger partial charge in [0.2, 0.25) is 0 Å². The van der Waals surface area contributed by atoms with Gasteiger partial charge in [-0.05, 0) is 99.0 Å². The third-order valence-corrected chi connectivity index (χ3v) is 13.0. The van der Waals surface area contributed by atoms with Gasteiger partial charge in [0.05, 0.1) is 19.6 Å². The van der Waals surface area contributed by atoms with Crippen LogP contribution < -0.4 is 0 Å². The highest BCUT2D eigenvalue weighted by atomic mass is 35.5. The van der Waals surface area contributed by atoms with Gasteiger partial charge in [0.15, 0.2) is 0 Å². The summed E-state index contributed by atoms with van der Waals surface area (Å²) in [5.74, 6) is 0. The Labute approximate surface area is 272 Å². The maximum Gasteiger partial charge on any atom is 0.253 e. The van der Waals surface area contributed by atoms with Crippen molar-refractivity contribution in [2.24, 2.45) is 0 Å². The number of quaternary nitrogens is 1. The highest BCUT2D eigenvalue weighted by molar-refractivity contribution is 7.91. The van der Waals surface area contributed by atoms with Crippen molar-refractivity contribution >= 4 is 53.8 Å². The Morgan fingerprint density at radius 2 is 1.50 bits per heavy atom. The van der Waals surface area contributed by atoms with Crippen LogP contribution in [0.25, 0.3) is 20.9 Å². The van der Waals surface area contributed by atoms with Gasteiger partial charge in [-0.3, -0.25) is 0 Å². The van der Waals surface area contributed by atoms with Gasteiger partial charge >= 0.3 is 0 Å². The van der Waals surface area contributed by atoms with Gasteiger partial charge in [0, 0.05) is 28.4 Å². The predicted molar refractivity (Wildman–Crippen MR) is 188 cm³/mol. The van der Waals surface area contributed by atoms with Crippen LogP contribution in [0.2, 0.25) is 5.02 Å². The van der Waals surface area contributed by atoms with Gasteiger partial charge in [-0.15, -0.1) is 11.3 Å². The van der Waals surface area contributed by atoms with Crippen LogP contribution in [-0.4, -0.2) is 43.4 Å². The fourth-order valence-electron chi connectivity index (χ4n) is 6.48. The molecule has 0 N–H and O–H groups in total. The van der Waals surface area contributed by atoms with Crippen LogP contribution in [0.15, 0.2) is 83.1 Å². The molecule has 0 unspecified atom stereocenters. The van der Waals surface area contributed by atoms with Crippen LogP contribution in [0.4, 0.5) is 0 Å². The predicted octanol–water partition coefficient (Wildman–Crippen LogP) is 9.66. The molecule has 0 aliphatic heterocycles. The number of hydrogen-bond acceptors (Lipinski definition) is 3. The maximum absolute atomic E-state index is 14.4. The zero-order valence-electron chi connectivity index (χ0n) is 26.6. The van der Waals surface area contributed by atoms with Crippen molar-refractivity contribution in [1.29, 1.82) is 0 Å². The lowest BCUT2D eigenvalue weighted by Crippen LogP contribution is -2.47. The lowest BCUT2D eigenvalue weighted by Gasteiger charge is -2.37. The first kappa shape index (κ1) is 32.6. The molecule has 5 rings (SSSR count). The minimum Gasteiger partial charge on any atom is -0.320 e. The molecule has 0 aliphatic carbocycles. The van der Waals surface area contributed by atoms with Crippen LogP contribution in [0, 0.1) is 20.8 Å². The van der Waals surface area contributed by atoms with Gasteiger partial charge in [-0.1, -0.05) is 77.3 Å². The Morgan fingerprint density at radius 1 is 0.795 bits per heavy atom. The quantitative estimate of drug-likeness (QED) is 0.0942. The molecule has 7 heteroatoms. The van der Waals surface area contributed by atoms with E-state index in [1.54, 1.807) is 4.31 Å². The molecule has 0 spiro atoms. The molecule has 1 heterocycles. The van der Waals surface area contributed by atoms with Crippen LogP contribution in [0.5, 0.6) is 0 Å². The number of rotatable bonds is 13. The average molecular weight is 648 g/mol. The summed E-state index contributed by atoms with van der Waals surface area (Å²) in [6, 6.07) is 27.0. The molecule has 0 saturated carbocycles. The molecule has 0 amide bonds. The first-order valence-electron chi connectivity index (χ1n) is 15.6. The van der Waals surface area contributed by atoms with Crippen LogP contribution >= 0.6 is 22.9 Å². The summed E-state index contributed by atoms with van der Waals surface area (Å²) in [5.41, 5.74) is 5.76. The van der Waals surface area contributed by atoms with E-state index in [1.807, 2.05) is 37.3 Å². The number of hydrogen-bond donors (Lipinski definition) is 0. The standard InChI is InChI=1S/C37H44ClN2O2S2/c1-6-40(7-2,26-31-21-27(3)20-28(4)22-31)19-11-10-18-39(25-30-14-15-32-12-8-9-13-33(32)23-30)44(41,42)37-29(5)35-24-34(38)16-17-36(35)43-37/h8-9,12-17,20-24H,6-7,10-11,18-19,25-26H2,1-5H3/q+1. The van der Waals surface area contributed by atoms with Gasteiger partial charge in [0.25, 0.3) is 10.0 Å². The van der Waals surface area contributed by atoms with Crippen LogP contribution in [0.1, 0.15) is 54.5 Å². The SMILES string of the molecule is CC[N+](CC)(CCCCN(Cc1ccc2ccccc2c1)S(=O)(=O)c1sc2ccc(Cl)cc2c1C)Cc1cc(C)cc(C)c1. The first-order valence-corrected chi connectivity index (χ1v) is 18.3. The van der Waals surface area contributed by atoms with E-state index in [4.69, 9.17) is 11.6 Å². The van der Waals surface area contributed by atoms with Crippen molar-refractivity contribution < 1.29 is 12.9 Å². The largest absolute Gasteiger partial charge is 0.320 e. The third kappa shape index (κ3) is 7.21. The summed E-state index contributed by atoms with van der Waals surface area (Å²) < 4.78 is 32.8. The van der Waals surface area contributed by atoms with E-state index < -0.39 is 10.0 Å². The molecule has 44 heavy (non-hydrogen) atoms. The molecular weight excluding hydrogens is 604 g/mol. The summed E-state index contributed by atoms with van der Waals surface area (Å²) >= 11 is 7.63. The molecule has 4 aromatic carbocycles. The highest BCUT2D eigenvalue weighted by Gasteiger charge is 2.30. The molecule has 0 aliphatic rings. The van der Waals surface area contributed by atoms with Crippen molar-refractivity contribution in [1.82, 2.24) is 4.31 Å². The molecular formula is C37H44ClN2O2S2+. The Kier molecular flexibility index (Phi) is 10.2. The number of benzene rings is 4. The zero-order valence-corrected chi connectivity index (χ0v) is 29.0. The Bertz CT molecular complexity index is 1860. The number of fused-ring (bicyclic) bond motifs is 2. The third-order valence-electron chi connectivity index (χ3n) is 9.03. The Morgan fingerprint density at radius 3 is 2.20 bits per heavy atom. The fourth-order valence-corrected chi connectivity index (χ4v) is 10.0. The second kappa shape index (κ2) is 13.7. The van der Waals surface area contributed by atoms with Crippen molar-refractivity contribution in [2.45, 2.75) is 64.8 Å². The Hall–Kier alpha value is -2.74. The van der Waals surface area contributed by atoms with E-state index in [9.17, 15) is 8.42 Å². The van der Waals surface area contributed by atoms with Crippen LogP contribution in [-0.2, 0) is 23.1 Å². The molecule has 0 fully saturated rings. The number of thiophene rings is 1. The number of unbranched alkanes of at least 4 members (excludes halogenated alkanes) is 1. The van der Waals surface area contributed by atoms with E-state index in [1.165, 1.54) is 28.0 Å². The summed E-state index contributed by atoms with van der Waals surface area (Å²) in [6.45, 7) is 15.7. The van der Waals surface area contributed by atoms with Gasteiger partial charge < -0.3 is 4.48 Å². The fraction of sp³-hybridized carbons (Fsp3) is 0.351. The summed E-state index contributed by atoms with van der Waals surface area (Å²) in [7, 11) is -3.74. The molecule has 1 aromatic heterocycles. The van der Waals surface area contributed by atoms with E-state index in [-0.39, 0.29) is 0 Å². The summed E-state index contributed by atoms with van der Waals surface area (Å²) in [5, 5.41) is 3.80. The lowest BCUT2D eigenvalue weighted by atomic mass is 10.1. The maximum atomic E-state index is 14.4. The average Bonchev–Trinajstić information content (AvgIpc) is 3.33. The van der Waals surface area contributed by atoms with Crippen molar-refractivity contribution in [3.8, 4) is 0 Å². The van der Waals surface area contributed by atoms with Crippen molar-refractivity contribution in [3.63, 3.8) is 0 Å². The second-order valence-electron chi connectivity index (χ2n) is 12.2. The van der Waals surface area contributed by atoms with Gasteiger partial charge in [-0.25, -0.2) is 8.42 Å². The monoisotopic (exact) mass is 647 g/mol. The number of nitrogens with zero attached hydrogens (tertiary/aromatic N) is 2. The van der Waals surface area contributed by atoms with E-state index in [0.717, 1.165) is 75.5 Å². The molecule has 0 radical (unpaired) electrons. The number of halogens is 1. The minimum atomic E-state index is -3.74. The van der Waals surface area contributed by atoms with E-state index >= 15 is 0 Å². The molecule has 0 saturated heterocycles. The normalized spacial score (nSPS) is 12.5. The molecule has 232 valence electrons. The minimum absolute atomic E-state index is 0.339. The van der Waals surface area contributed by atoms with Gasteiger partial charge in [0.1, 0.15) is 10.8 Å². The van der Waals surface area contributed by atoms with Crippen molar-refractivity contribution in [2.75, 3.05) is 26.2 Å². The van der Waals surface area contributed by atoms with Gasteiger partial charge in [-0.2, -0.15) is 4.31 Å². The van der Waals surface area contributed by atoms with Crippen LogP contribution in [0.3, 0.4) is 0 Å². The topological polar surface area (TPSA) is 37.4 Å². The number of sulfonamides is 1. The van der Waals surface area contributed by atoms with E-state index in [0.29, 0.717) is 22.3 Å². The molecule has 0 atom stereocenters. The Balaban J connectivity index is 1.39. The summed E-state index contributed by atoms with van der Waals surface area (Å²) in [4.78, 5) is 0. The lowest BCUT2D eigenvalue weighted by molar-refractivity contribution is -0.938. The molecule has 4 nitrogen and oxygen atoms in total.